The quantitative estimate of drug-likeness (QED) is 0.627. The third kappa shape index (κ3) is 2.78. The summed E-state index contributed by atoms with van der Waals surface area (Å²) in [6.07, 6.45) is 0. The number of carbonyl (C=O) groups excluding carboxylic acids is 1. The monoisotopic (exact) mass is 338 g/mol. The second kappa shape index (κ2) is 4.61. The molecule has 0 aliphatic rings. The lowest BCUT2D eigenvalue weighted by molar-refractivity contribution is -0.115. The van der Waals surface area contributed by atoms with Crippen LogP contribution in [0.25, 0.3) is 0 Å². The van der Waals surface area contributed by atoms with Gasteiger partial charge in [0, 0.05) is 0 Å². The van der Waals surface area contributed by atoms with Crippen molar-refractivity contribution in [1.29, 1.82) is 0 Å². The number of ketones is 1. The van der Waals surface area contributed by atoms with E-state index in [0.29, 0.717) is 0 Å². The van der Waals surface area contributed by atoms with Gasteiger partial charge in [0.25, 0.3) is 0 Å². The Morgan fingerprint density at radius 2 is 1.73 bits per heavy atom. The minimum absolute atomic E-state index is 0.197. The van der Waals surface area contributed by atoms with Crippen molar-refractivity contribution in [1.82, 2.24) is 0 Å². The summed E-state index contributed by atoms with van der Waals surface area (Å²) >= 11 is 1.65. The first-order chi connectivity index (χ1) is 6.85. The number of alkyl halides is 1. The second-order valence-corrected chi connectivity index (χ2v) is 7.41. The number of hydrogen-bond donors (Lipinski definition) is 0. The molecule has 1 aromatic carbocycles. The SMILES string of the molecule is CC(=O)C(I)S(=O)(=O)c1ccc(C)cc1. The van der Waals surface area contributed by atoms with Crippen LogP contribution in [-0.4, -0.2) is 17.5 Å². The van der Waals surface area contributed by atoms with Crippen molar-refractivity contribution in [3.63, 3.8) is 0 Å². The average molecular weight is 338 g/mol. The standard InChI is InChI=1S/C10H11IO3S/c1-7-3-5-9(6-4-7)15(13,14)10(11)8(2)12/h3-6,10H,1-2H3. The molecule has 0 radical (unpaired) electrons. The molecule has 1 unspecified atom stereocenters. The van der Waals surface area contributed by atoms with Crippen LogP contribution in [-0.2, 0) is 14.6 Å². The highest BCUT2D eigenvalue weighted by Crippen LogP contribution is 2.21. The van der Waals surface area contributed by atoms with Crippen LogP contribution < -0.4 is 0 Å². The van der Waals surface area contributed by atoms with Crippen LogP contribution in [0.3, 0.4) is 0 Å². The fraction of sp³-hybridized carbons (Fsp3) is 0.300. The van der Waals surface area contributed by atoms with Crippen molar-refractivity contribution in [2.75, 3.05) is 0 Å². The van der Waals surface area contributed by atoms with Gasteiger partial charge in [0.05, 0.1) is 4.90 Å². The lowest BCUT2D eigenvalue weighted by Crippen LogP contribution is -2.22. The Morgan fingerprint density at radius 1 is 1.27 bits per heavy atom. The van der Waals surface area contributed by atoms with Crippen LogP contribution in [0.1, 0.15) is 12.5 Å². The number of rotatable bonds is 3. The van der Waals surface area contributed by atoms with E-state index in [2.05, 4.69) is 0 Å². The Balaban J connectivity index is 3.17. The van der Waals surface area contributed by atoms with E-state index in [9.17, 15) is 13.2 Å². The number of benzene rings is 1. The van der Waals surface area contributed by atoms with Crippen molar-refractivity contribution in [2.45, 2.75) is 22.0 Å². The Morgan fingerprint density at radius 3 is 2.13 bits per heavy atom. The van der Waals surface area contributed by atoms with E-state index in [4.69, 9.17) is 0 Å². The molecule has 0 aromatic heterocycles. The molecule has 3 nitrogen and oxygen atoms in total. The molecule has 0 amide bonds. The molecule has 0 saturated carbocycles. The summed E-state index contributed by atoms with van der Waals surface area (Å²) in [7, 11) is -3.52. The summed E-state index contributed by atoms with van der Waals surface area (Å²) in [5.74, 6) is -0.351. The molecule has 0 fully saturated rings. The Bertz CT molecular complexity index is 462. The largest absolute Gasteiger partial charge is 0.298 e. The van der Waals surface area contributed by atoms with Gasteiger partial charge in [-0.1, -0.05) is 40.3 Å². The van der Waals surface area contributed by atoms with Gasteiger partial charge >= 0.3 is 0 Å². The third-order valence-corrected chi connectivity index (χ3v) is 6.63. The molecule has 0 spiro atoms. The summed E-state index contributed by atoms with van der Waals surface area (Å²) in [5.41, 5.74) is 0.988. The second-order valence-electron chi connectivity index (χ2n) is 3.28. The highest BCUT2D eigenvalue weighted by atomic mass is 127. The molecule has 0 aliphatic carbocycles. The first-order valence-electron chi connectivity index (χ1n) is 4.31. The van der Waals surface area contributed by atoms with Crippen molar-refractivity contribution >= 4 is 38.2 Å². The normalized spacial score (nSPS) is 13.5. The van der Waals surface area contributed by atoms with E-state index >= 15 is 0 Å². The van der Waals surface area contributed by atoms with Crippen LogP contribution in [0, 0.1) is 6.92 Å². The Hall–Kier alpha value is -0.430. The van der Waals surface area contributed by atoms with E-state index < -0.39 is 13.1 Å². The third-order valence-electron chi connectivity index (χ3n) is 1.94. The van der Waals surface area contributed by atoms with Gasteiger partial charge in [-0.2, -0.15) is 0 Å². The molecule has 1 aromatic rings. The maximum atomic E-state index is 11.9. The summed E-state index contributed by atoms with van der Waals surface area (Å²) < 4.78 is 22.7. The van der Waals surface area contributed by atoms with Crippen LogP contribution >= 0.6 is 22.6 Å². The number of carbonyl (C=O) groups is 1. The maximum Gasteiger partial charge on any atom is 0.197 e. The molecule has 5 heteroatoms. The van der Waals surface area contributed by atoms with Gasteiger partial charge in [0.2, 0.25) is 0 Å². The van der Waals surface area contributed by atoms with Crippen molar-refractivity contribution < 1.29 is 13.2 Å². The molecule has 1 atom stereocenters. The van der Waals surface area contributed by atoms with Gasteiger partial charge in [-0.15, -0.1) is 0 Å². The lowest BCUT2D eigenvalue weighted by atomic mass is 10.2. The zero-order valence-corrected chi connectivity index (χ0v) is 11.4. The fourth-order valence-electron chi connectivity index (χ4n) is 1.07. The van der Waals surface area contributed by atoms with Gasteiger partial charge in [0.15, 0.2) is 18.9 Å². The van der Waals surface area contributed by atoms with Crippen molar-refractivity contribution in [3.8, 4) is 0 Å². The first-order valence-corrected chi connectivity index (χ1v) is 7.10. The minimum Gasteiger partial charge on any atom is -0.298 e. The highest BCUT2D eigenvalue weighted by molar-refractivity contribution is 14.1. The predicted octanol–water partition coefficient (Wildman–Crippen LogP) is 2.12. The summed E-state index contributed by atoms with van der Waals surface area (Å²) in [4.78, 5) is 11.2. The van der Waals surface area contributed by atoms with E-state index in [1.807, 2.05) is 6.92 Å². The number of sulfone groups is 1. The van der Waals surface area contributed by atoms with Crippen LogP contribution in [0.15, 0.2) is 29.2 Å². The average Bonchev–Trinajstić information content (AvgIpc) is 2.17. The maximum absolute atomic E-state index is 11.9. The zero-order chi connectivity index (χ0) is 11.6. The van der Waals surface area contributed by atoms with Gasteiger partial charge < -0.3 is 0 Å². The molecule has 15 heavy (non-hydrogen) atoms. The van der Waals surface area contributed by atoms with Crippen LogP contribution in [0.5, 0.6) is 0 Å². The molecular weight excluding hydrogens is 327 g/mol. The predicted molar refractivity (Wildman–Crippen MR) is 66.9 cm³/mol. The molecule has 1 rings (SSSR count). The number of halogens is 1. The van der Waals surface area contributed by atoms with E-state index in [1.165, 1.54) is 19.1 Å². The van der Waals surface area contributed by atoms with E-state index in [1.54, 1.807) is 34.7 Å². The van der Waals surface area contributed by atoms with E-state index in [-0.39, 0.29) is 10.7 Å². The Kier molecular flexibility index (Phi) is 3.88. The minimum atomic E-state index is -3.52. The molecule has 0 saturated heterocycles. The van der Waals surface area contributed by atoms with Crippen LogP contribution in [0.4, 0.5) is 0 Å². The summed E-state index contributed by atoms with van der Waals surface area (Å²) in [5, 5.41) is 0. The smallest absolute Gasteiger partial charge is 0.197 e. The number of aryl methyl sites for hydroxylation is 1. The highest BCUT2D eigenvalue weighted by Gasteiger charge is 2.28. The topological polar surface area (TPSA) is 51.2 Å². The molecule has 0 heterocycles. The summed E-state index contributed by atoms with van der Waals surface area (Å²) in [6.45, 7) is 3.16. The molecule has 82 valence electrons. The molecule has 0 N–H and O–H groups in total. The van der Waals surface area contributed by atoms with Gasteiger partial charge in [-0.25, -0.2) is 8.42 Å². The van der Waals surface area contributed by atoms with Crippen molar-refractivity contribution in [3.05, 3.63) is 29.8 Å². The molecular formula is C10H11IO3S. The Labute approximate surface area is 103 Å². The van der Waals surface area contributed by atoms with Crippen LogP contribution in [0.2, 0.25) is 0 Å². The zero-order valence-electron chi connectivity index (χ0n) is 8.40. The molecule has 0 bridgehead atoms. The lowest BCUT2D eigenvalue weighted by Gasteiger charge is -2.08. The number of Topliss-reactive ketones (excluding diaryl/α,β-unsaturated/α-hetero) is 1. The molecule has 0 aliphatic heterocycles. The van der Waals surface area contributed by atoms with Gasteiger partial charge in [-0.3, -0.25) is 4.79 Å². The van der Waals surface area contributed by atoms with Crippen molar-refractivity contribution in [2.24, 2.45) is 0 Å². The van der Waals surface area contributed by atoms with Gasteiger partial charge in [-0.05, 0) is 26.0 Å². The van der Waals surface area contributed by atoms with E-state index in [0.717, 1.165) is 5.56 Å². The van der Waals surface area contributed by atoms with Gasteiger partial charge in [0.1, 0.15) is 0 Å². The summed E-state index contributed by atoms with van der Waals surface area (Å²) in [6, 6.07) is 6.49. The fourth-order valence-corrected chi connectivity index (χ4v) is 3.14. The number of hydrogen-bond acceptors (Lipinski definition) is 3. The first kappa shape index (κ1) is 12.6.